The Hall–Kier alpha value is -1.07. The summed E-state index contributed by atoms with van der Waals surface area (Å²) in [5.41, 5.74) is 2.55. The van der Waals surface area contributed by atoms with Gasteiger partial charge in [0.05, 0.1) is 5.69 Å². The topological polar surface area (TPSA) is 36.3 Å². The molecule has 2 aliphatic rings. The van der Waals surface area contributed by atoms with Crippen molar-refractivity contribution in [3.05, 3.63) is 11.3 Å². The Kier molecular flexibility index (Phi) is 3.73. The van der Waals surface area contributed by atoms with Gasteiger partial charge in [0.1, 0.15) is 5.82 Å². The van der Waals surface area contributed by atoms with Gasteiger partial charge < -0.3 is 15.1 Å². The Morgan fingerprint density at radius 2 is 2.00 bits per heavy atom. The van der Waals surface area contributed by atoms with Crippen LogP contribution in [0.3, 0.4) is 0 Å². The fraction of sp³-hybridized carbons (Fsp3) is 0.800. The predicted molar refractivity (Wildman–Crippen MR) is 82.1 cm³/mol. The number of anilines is 1. The average molecular weight is 277 g/mol. The van der Waals surface area contributed by atoms with E-state index in [2.05, 4.69) is 52.8 Å². The van der Waals surface area contributed by atoms with E-state index in [-0.39, 0.29) is 0 Å². The van der Waals surface area contributed by atoms with Gasteiger partial charge in [-0.1, -0.05) is 0 Å². The zero-order valence-electron chi connectivity index (χ0n) is 13.2. The third-order valence-electron chi connectivity index (χ3n) is 4.72. The molecule has 0 amide bonds. The standard InChI is InChI=1S/C15H27N5/c1-11-10-20(8-7-18(11)3)15-14(9-16-13-5-6-13)12(2)17-19(15)4/h11,13,16H,5-10H2,1-4H3. The van der Waals surface area contributed by atoms with E-state index in [1.54, 1.807) is 0 Å². The highest BCUT2D eigenvalue weighted by Gasteiger charge is 2.27. The minimum absolute atomic E-state index is 0.600. The van der Waals surface area contributed by atoms with Crippen LogP contribution in [-0.4, -0.2) is 53.4 Å². The van der Waals surface area contributed by atoms with Crippen LogP contribution < -0.4 is 10.2 Å². The Bertz CT molecular complexity index is 477. The maximum atomic E-state index is 4.65. The van der Waals surface area contributed by atoms with Crippen LogP contribution in [0.25, 0.3) is 0 Å². The van der Waals surface area contributed by atoms with Gasteiger partial charge in [-0.2, -0.15) is 5.10 Å². The number of piperazine rings is 1. The van der Waals surface area contributed by atoms with Crippen LogP contribution in [0, 0.1) is 6.92 Å². The summed E-state index contributed by atoms with van der Waals surface area (Å²) in [6.45, 7) is 8.70. The first-order valence-electron chi connectivity index (χ1n) is 7.77. The van der Waals surface area contributed by atoms with Gasteiger partial charge in [-0.15, -0.1) is 0 Å². The van der Waals surface area contributed by atoms with Gasteiger partial charge in [-0.3, -0.25) is 4.68 Å². The molecule has 112 valence electrons. The molecule has 2 heterocycles. The first-order chi connectivity index (χ1) is 9.56. The maximum absolute atomic E-state index is 4.65. The van der Waals surface area contributed by atoms with Crippen LogP contribution in [0.15, 0.2) is 0 Å². The third kappa shape index (κ3) is 2.69. The van der Waals surface area contributed by atoms with Gasteiger partial charge in [-0.25, -0.2) is 0 Å². The van der Waals surface area contributed by atoms with Gasteiger partial charge in [-0.05, 0) is 33.7 Å². The zero-order valence-corrected chi connectivity index (χ0v) is 13.2. The van der Waals surface area contributed by atoms with Crippen LogP contribution in [0.5, 0.6) is 0 Å². The lowest BCUT2D eigenvalue weighted by atomic mass is 10.1. The van der Waals surface area contributed by atoms with Crippen molar-refractivity contribution < 1.29 is 0 Å². The van der Waals surface area contributed by atoms with Crippen molar-refractivity contribution in [1.82, 2.24) is 20.0 Å². The number of aromatic nitrogens is 2. The number of hydrogen-bond donors (Lipinski definition) is 1. The monoisotopic (exact) mass is 277 g/mol. The number of hydrogen-bond acceptors (Lipinski definition) is 4. The molecule has 0 spiro atoms. The molecule has 3 rings (SSSR count). The molecule has 1 aliphatic heterocycles. The molecule has 1 unspecified atom stereocenters. The minimum atomic E-state index is 0.600. The largest absolute Gasteiger partial charge is 0.354 e. The highest BCUT2D eigenvalue weighted by molar-refractivity contribution is 5.51. The van der Waals surface area contributed by atoms with Crippen molar-refractivity contribution >= 4 is 5.82 Å². The fourth-order valence-electron chi connectivity index (χ4n) is 3.07. The van der Waals surface area contributed by atoms with Crippen LogP contribution >= 0.6 is 0 Å². The second-order valence-corrected chi connectivity index (χ2v) is 6.44. The molecule has 0 radical (unpaired) electrons. The molecule has 0 aromatic carbocycles. The number of nitrogens with one attached hydrogen (secondary N) is 1. The van der Waals surface area contributed by atoms with Gasteiger partial charge in [0.2, 0.25) is 0 Å². The lowest BCUT2D eigenvalue weighted by Gasteiger charge is -2.39. The van der Waals surface area contributed by atoms with Crippen LogP contribution in [0.2, 0.25) is 0 Å². The molecule has 1 atom stereocenters. The molecule has 1 aliphatic carbocycles. The molecule has 5 nitrogen and oxygen atoms in total. The van der Waals surface area contributed by atoms with Crippen LogP contribution in [0.4, 0.5) is 5.82 Å². The number of aryl methyl sites for hydroxylation is 2. The van der Waals surface area contributed by atoms with Crippen molar-refractivity contribution in [2.75, 3.05) is 31.6 Å². The second-order valence-electron chi connectivity index (χ2n) is 6.44. The van der Waals surface area contributed by atoms with E-state index in [0.717, 1.165) is 32.2 Å². The Morgan fingerprint density at radius 1 is 1.25 bits per heavy atom. The summed E-state index contributed by atoms with van der Waals surface area (Å²) in [6, 6.07) is 1.34. The summed E-state index contributed by atoms with van der Waals surface area (Å²) in [6.07, 6.45) is 2.67. The van der Waals surface area contributed by atoms with E-state index in [9.17, 15) is 0 Å². The first-order valence-corrected chi connectivity index (χ1v) is 7.77. The van der Waals surface area contributed by atoms with Crippen molar-refractivity contribution in [2.45, 2.75) is 45.3 Å². The Labute approximate surface area is 121 Å². The molecule has 0 bridgehead atoms. The van der Waals surface area contributed by atoms with Gasteiger partial charge in [0, 0.05) is 50.9 Å². The highest BCUT2D eigenvalue weighted by Crippen LogP contribution is 2.27. The average Bonchev–Trinajstić information content (AvgIpc) is 3.17. The Morgan fingerprint density at radius 3 is 2.65 bits per heavy atom. The lowest BCUT2D eigenvalue weighted by molar-refractivity contribution is 0.232. The van der Waals surface area contributed by atoms with Crippen LogP contribution in [-0.2, 0) is 13.6 Å². The number of likely N-dealkylation sites (N-methyl/N-ethyl adjacent to an activating group) is 1. The summed E-state index contributed by atoms with van der Waals surface area (Å²) in [5.74, 6) is 1.32. The van der Waals surface area contributed by atoms with Crippen molar-refractivity contribution in [3.63, 3.8) is 0 Å². The smallest absolute Gasteiger partial charge is 0.131 e. The SMILES string of the molecule is Cc1nn(C)c(N2CCN(C)C(C)C2)c1CNC1CC1. The molecule has 1 saturated carbocycles. The molecule has 1 aromatic rings. The van der Waals surface area contributed by atoms with Gasteiger partial charge in [0.15, 0.2) is 0 Å². The molecule has 2 fully saturated rings. The van der Waals surface area contributed by atoms with E-state index in [1.165, 1.54) is 29.9 Å². The number of nitrogens with zero attached hydrogens (tertiary/aromatic N) is 4. The van der Waals surface area contributed by atoms with E-state index in [1.807, 2.05) is 0 Å². The quantitative estimate of drug-likeness (QED) is 0.895. The fourth-order valence-corrected chi connectivity index (χ4v) is 3.07. The molecular formula is C15H27N5. The van der Waals surface area contributed by atoms with E-state index in [4.69, 9.17) is 0 Å². The summed E-state index contributed by atoms with van der Waals surface area (Å²) >= 11 is 0. The number of rotatable bonds is 4. The van der Waals surface area contributed by atoms with E-state index < -0.39 is 0 Å². The molecule has 1 saturated heterocycles. The molecular weight excluding hydrogens is 250 g/mol. The molecule has 1 N–H and O–H groups in total. The summed E-state index contributed by atoms with van der Waals surface area (Å²) < 4.78 is 2.07. The van der Waals surface area contributed by atoms with Crippen molar-refractivity contribution in [1.29, 1.82) is 0 Å². The summed E-state index contributed by atoms with van der Waals surface area (Å²) in [4.78, 5) is 4.94. The normalized spacial score (nSPS) is 24.4. The van der Waals surface area contributed by atoms with E-state index >= 15 is 0 Å². The lowest BCUT2D eigenvalue weighted by Crippen LogP contribution is -2.50. The van der Waals surface area contributed by atoms with Crippen molar-refractivity contribution in [2.24, 2.45) is 7.05 Å². The summed E-state index contributed by atoms with van der Waals surface area (Å²) in [7, 11) is 4.29. The van der Waals surface area contributed by atoms with Gasteiger partial charge >= 0.3 is 0 Å². The first kappa shape index (κ1) is 13.9. The Balaban J connectivity index is 1.79. The molecule has 5 heteroatoms. The van der Waals surface area contributed by atoms with Crippen molar-refractivity contribution in [3.8, 4) is 0 Å². The van der Waals surface area contributed by atoms with E-state index in [0.29, 0.717) is 6.04 Å². The predicted octanol–water partition coefficient (Wildman–Crippen LogP) is 1.12. The highest BCUT2D eigenvalue weighted by atomic mass is 15.4. The molecule has 20 heavy (non-hydrogen) atoms. The third-order valence-corrected chi connectivity index (χ3v) is 4.72. The minimum Gasteiger partial charge on any atom is -0.354 e. The molecule has 1 aromatic heterocycles. The summed E-state index contributed by atoms with van der Waals surface area (Å²) in [5, 5.41) is 8.29. The van der Waals surface area contributed by atoms with Crippen LogP contribution in [0.1, 0.15) is 31.0 Å². The second kappa shape index (κ2) is 5.37. The maximum Gasteiger partial charge on any atom is 0.131 e. The van der Waals surface area contributed by atoms with Gasteiger partial charge in [0.25, 0.3) is 0 Å². The zero-order chi connectivity index (χ0) is 14.3.